The third-order valence-corrected chi connectivity index (χ3v) is 5.43. The van der Waals surface area contributed by atoms with Gasteiger partial charge in [0.05, 0.1) is 11.4 Å². The Hall–Kier alpha value is -1.79. The number of amidine groups is 1. The van der Waals surface area contributed by atoms with E-state index in [4.69, 9.17) is 0 Å². The van der Waals surface area contributed by atoms with Crippen LogP contribution < -0.4 is 4.72 Å². The lowest BCUT2D eigenvalue weighted by molar-refractivity contribution is 0.595. The van der Waals surface area contributed by atoms with Crippen LogP contribution >= 0.6 is 11.8 Å². The third kappa shape index (κ3) is 3.11. The van der Waals surface area contributed by atoms with Crippen LogP contribution in [-0.4, -0.2) is 26.6 Å². The SMILES string of the molecule is O=S1(=O)NC(=NCCSc2ccccc2)c2ccccc21. The Morgan fingerprint density at radius 2 is 1.71 bits per heavy atom. The zero-order chi connectivity index (χ0) is 14.7. The summed E-state index contributed by atoms with van der Waals surface area (Å²) < 4.78 is 26.3. The number of nitrogens with zero attached hydrogens (tertiary/aromatic N) is 1. The minimum Gasteiger partial charge on any atom is -0.266 e. The number of sulfonamides is 1. The van der Waals surface area contributed by atoms with Gasteiger partial charge in [-0.25, -0.2) is 8.42 Å². The van der Waals surface area contributed by atoms with Crippen LogP contribution in [0.1, 0.15) is 5.56 Å². The monoisotopic (exact) mass is 318 g/mol. The summed E-state index contributed by atoms with van der Waals surface area (Å²) in [5.41, 5.74) is 0.655. The molecular weight excluding hydrogens is 304 g/mol. The van der Waals surface area contributed by atoms with Gasteiger partial charge in [-0.3, -0.25) is 9.71 Å². The Morgan fingerprint density at radius 1 is 1.00 bits per heavy atom. The van der Waals surface area contributed by atoms with Gasteiger partial charge >= 0.3 is 0 Å². The predicted molar refractivity (Wildman–Crippen MR) is 85.3 cm³/mol. The van der Waals surface area contributed by atoms with Crippen molar-refractivity contribution in [3.63, 3.8) is 0 Å². The van der Waals surface area contributed by atoms with Crippen LogP contribution in [0, 0.1) is 0 Å². The average Bonchev–Trinajstić information content (AvgIpc) is 2.77. The summed E-state index contributed by atoms with van der Waals surface area (Å²) >= 11 is 1.70. The lowest BCUT2D eigenvalue weighted by Crippen LogP contribution is -2.22. The normalized spacial score (nSPS) is 17.4. The molecule has 0 bridgehead atoms. The van der Waals surface area contributed by atoms with Crippen LogP contribution in [0.4, 0.5) is 0 Å². The van der Waals surface area contributed by atoms with Crippen LogP contribution in [0.2, 0.25) is 0 Å². The fourth-order valence-corrected chi connectivity index (χ4v) is 4.11. The van der Waals surface area contributed by atoms with E-state index in [0.717, 1.165) is 5.75 Å². The van der Waals surface area contributed by atoms with Gasteiger partial charge in [-0.05, 0) is 24.3 Å². The lowest BCUT2D eigenvalue weighted by Gasteiger charge is -2.00. The fourth-order valence-electron chi connectivity index (χ4n) is 2.09. The van der Waals surface area contributed by atoms with E-state index in [0.29, 0.717) is 22.8 Å². The number of hydrogen-bond acceptors (Lipinski definition) is 4. The van der Waals surface area contributed by atoms with Gasteiger partial charge in [0.2, 0.25) is 0 Å². The van der Waals surface area contributed by atoms with Crippen molar-refractivity contribution >= 4 is 27.6 Å². The summed E-state index contributed by atoms with van der Waals surface area (Å²) in [6.07, 6.45) is 0. The van der Waals surface area contributed by atoms with E-state index in [1.165, 1.54) is 4.90 Å². The quantitative estimate of drug-likeness (QED) is 0.696. The smallest absolute Gasteiger partial charge is 0.263 e. The first kappa shape index (κ1) is 14.2. The molecule has 0 aliphatic carbocycles. The van der Waals surface area contributed by atoms with E-state index in [2.05, 4.69) is 9.71 Å². The molecule has 1 N–H and O–H groups in total. The van der Waals surface area contributed by atoms with Crippen LogP contribution in [0.15, 0.2) is 69.4 Å². The van der Waals surface area contributed by atoms with Crippen molar-refractivity contribution in [1.82, 2.24) is 4.72 Å². The van der Waals surface area contributed by atoms with Crippen LogP contribution in [-0.2, 0) is 10.0 Å². The second-order valence-electron chi connectivity index (χ2n) is 4.49. The van der Waals surface area contributed by atoms with Gasteiger partial charge in [-0.1, -0.05) is 30.3 Å². The molecule has 6 heteroatoms. The van der Waals surface area contributed by atoms with E-state index in [1.807, 2.05) is 36.4 Å². The standard InChI is InChI=1S/C15H14N2O2S2/c18-21(19)14-9-5-4-8-13(14)15(17-21)16-10-11-20-12-6-2-1-3-7-12/h1-9H,10-11H2,(H,16,17). The Morgan fingerprint density at radius 3 is 2.52 bits per heavy atom. The summed E-state index contributed by atoms with van der Waals surface area (Å²) in [7, 11) is -3.43. The van der Waals surface area contributed by atoms with Crippen molar-refractivity contribution in [3.8, 4) is 0 Å². The molecule has 108 valence electrons. The highest BCUT2D eigenvalue weighted by Gasteiger charge is 2.29. The second-order valence-corrected chi connectivity index (χ2v) is 7.31. The molecule has 1 aliphatic rings. The van der Waals surface area contributed by atoms with Gasteiger partial charge in [-0.2, -0.15) is 0 Å². The Bertz CT molecular complexity index is 771. The van der Waals surface area contributed by atoms with E-state index in [-0.39, 0.29) is 0 Å². The van der Waals surface area contributed by atoms with E-state index in [1.54, 1.807) is 30.0 Å². The number of benzene rings is 2. The summed E-state index contributed by atoms with van der Waals surface area (Å²) in [6.45, 7) is 0.561. The highest BCUT2D eigenvalue weighted by Crippen LogP contribution is 2.22. The predicted octanol–water partition coefficient (Wildman–Crippen LogP) is 2.52. The number of hydrogen-bond donors (Lipinski definition) is 1. The van der Waals surface area contributed by atoms with E-state index < -0.39 is 10.0 Å². The fraction of sp³-hybridized carbons (Fsp3) is 0.133. The van der Waals surface area contributed by atoms with Gasteiger partial charge in [0.1, 0.15) is 5.84 Å². The zero-order valence-corrected chi connectivity index (χ0v) is 12.8. The first-order valence-electron chi connectivity index (χ1n) is 6.51. The molecule has 2 aromatic rings. The number of fused-ring (bicyclic) bond motifs is 1. The molecule has 0 saturated heterocycles. The van der Waals surface area contributed by atoms with Crippen molar-refractivity contribution < 1.29 is 8.42 Å². The molecule has 0 amide bonds. The highest BCUT2D eigenvalue weighted by molar-refractivity contribution is 7.99. The molecule has 0 spiro atoms. The Balaban J connectivity index is 1.68. The summed E-state index contributed by atoms with van der Waals surface area (Å²) in [4.78, 5) is 5.87. The largest absolute Gasteiger partial charge is 0.266 e. The van der Waals surface area contributed by atoms with Gasteiger partial charge in [0, 0.05) is 16.2 Å². The molecule has 4 nitrogen and oxygen atoms in total. The van der Waals surface area contributed by atoms with E-state index >= 15 is 0 Å². The topological polar surface area (TPSA) is 58.5 Å². The van der Waals surface area contributed by atoms with E-state index in [9.17, 15) is 8.42 Å². The molecule has 1 heterocycles. The van der Waals surface area contributed by atoms with Gasteiger partial charge < -0.3 is 0 Å². The van der Waals surface area contributed by atoms with Crippen LogP contribution in [0.5, 0.6) is 0 Å². The molecule has 0 fully saturated rings. The maximum atomic E-state index is 11.9. The first-order valence-corrected chi connectivity index (χ1v) is 8.98. The maximum Gasteiger partial charge on any atom is 0.263 e. The molecule has 2 aromatic carbocycles. The molecule has 3 rings (SSSR count). The number of nitrogens with one attached hydrogen (secondary N) is 1. The van der Waals surface area contributed by atoms with Crippen molar-refractivity contribution in [2.24, 2.45) is 4.99 Å². The summed E-state index contributed by atoms with van der Waals surface area (Å²) in [5, 5.41) is 0. The Kier molecular flexibility index (Phi) is 3.98. The molecular formula is C15H14N2O2S2. The number of aliphatic imine (C=N–C) groups is 1. The van der Waals surface area contributed by atoms with Crippen molar-refractivity contribution in [2.45, 2.75) is 9.79 Å². The maximum absolute atomic E-state index is 11.9. The number of rotatable bonds is 4. The molecule has 0 aromatic heterocycles. The molecule has 1 aliphatic heterocycles. The molecule has 0 unspecified atom stereocenters. The molecule has 0 radical (unpaired) electrons. The number of thioether (sulfide) groups is 1. The molecule has 0 atom stereocenters. The van der Waals surface area contributed by atoms with Gasteiger partial charge in [0.15, 0.2) is 0 Å². The summed E-state index contributed by atoms with van der Waals surface area (Å²) in [6, 6.07) is 17.0. The average molecular weight is 318 g/mol. The van der Waals surface area contributed by atoms with Crippen molar-refractivity contribution in [2.75, 3.05) is 12.3 Å². The van der Waals surface area contributed by atoms with Crippen LogP contribution in [0.25, 0.3) is 0 Å². The minimum atomic E-state index is -3.43. The van der Waals surface area contributed by atoms with Crippen molar-refractivity contribution in [1.29, 1.82) is 0 Å². The van der Waals surface area contributed by atoms with Gasteiger partial charge in [0.25, 0.3) is 10.0 Å². The Labute approximate surface area is 128 Å². The second kappa shape index (κ2) is 5.91. The minimum absolute atomic E-state index is 0.305. The van der Waals surface area contributed by atoms with Crippen molar-refractivity contribution in [3.05, 3.63) is 60.2 Å². The molecule has 21 heavy (non-hydrogen) atoms. The third-order valence-electron chi connectivity index (χ3n) is 3.04. The molecule has 0 saturated carbocycles. The summed E-state index contributed by atoms with van der Waals surface area (Å²) in [5.74, 6) is 1.25. The van der Waals surface area contributed by atoms with Crippen LogP contribution in [0.3, 0.4) is 0 Å². The lowest BCUT2D eigenvalue weighted by atomic mass is 10.2. The highest BCUT2D eigenvalue weighted by atomic mass is 32.2. The van der Waals surface area contributed by atoms with Gasteiger partial charge in [-0.15, -0.1) is 11.8 Å². The first-order chi connectivity index (χ1) is 10.2. The zero-order valence-electron chi connectivity index (χ0n) is 11.2.